The molecule has 1 aliphatic rings. The van der Waals surface area contributed by atoms with Gasteiger partial charge in [-0.2, -0.15) is 18.3 Å². The number of hydrogen-bond donors (Lipinski definition) is 4. The summed E-state index contributed by atoms with van der Waals surface area (Å²) in [5.74, 6) is -0.231. The van der Waals surface area contributed by atoms with Gasteiger partial charge in [0.2, 0.25) is 0 Å². The third-order valence-corrected chi connectivity index (χ3v) is 6.66. The van der Waals surface area contributed by atoms with Crippen molar-refractivity contribution < 1.29 is 33.3 Å². The first-order chi connectivity index (χ1) is 15.8. The van der Waals surface area contributed by atoms with Crippen LogP contribution in [0.3, 0.4) is 0 Å². The Bertz CT molecular complexity index is 1230. The van der Waals surface area contributed by atoms with Crippen LogP contribution in [-0.2, 0) is 11.8 Å². The Morgan fingerprint density at radius 2 is 1.97 bits per heavy atom. The normalized spacial score (nSPS) is 21.6. The van der Waals surface area contributed by atoms with Gasteiger partial charge in [-0.3, -0.25) is 9.48 Å². The van der Waals surface area contributed by atoms with Gasteiger partial charge in [-0.25, -0.2) is 4.98 Å². The molecule has 182 valence electrons. The Balaban J connectivity index is 1.71. The Morgan fingerprint density at radius 1 is 1.24 bits per heavy atom. The minimum Gasteiger partial charge on any atom is -0.387 e. The van der Waals surface area contributed by atoms with E-state index in [-0.39, 0.29) is 5.69 Å². The summed E-state index contributed by atoms with van der Waals surface area (Å²) in [4.78, 5) is 16.1. The lowest BCUT2D eigenvalue weighted by molar-refractivity contribution is -0.141. The Morgan fingerprint density at radius 3 is 2.65 bits per heavy atom. The lowest BCUT2D eigenvalue weighted by Gasteiger charge is -2.31. The smallest absolute Gasteiger partial charge is 0.387 e. The van der Waals surface area contributed by atoms with Crippen LogP contribution < -0.4 is 5.32 Å². The quantitative estimate of drug-likeness (QED) is 0.438. The summed E-state index contributed by atoms with van der Waals surface area (Å²) in [5.41, 5.74) is -3.01. The summed E-state index contributed by atoms with van der Waals surface area (Å²) >= 11 is 1.25. The van der Waals surface area contributed by atoms with Crippen molar-refractivity contribution in [3.8, 4) is 0 Å². The van der Waals surface area contributed by atoms with Gasteiger partial charge in [-0.05, 0) is 50.3 Å². The van der Waals surface area contributed by atoms with Crippen LogP contribution in [0.1, 0.15) is 48.1 Å². The van der Waals surface area contributed by atoms with E-state index in [2.05, 4.69) is 15.4 Å². The molecule has 0 spiro atoms. The maximum absolute atomic E-state index is 13.0. The molecule has 34 heavy (non-hydrogen) atoms. The Hall–Kier alpha value is -2.67. The summed E-state index contributed by atoms with van der Waals surface area (Å²) in [6.07, 6.45) is -3.48. The second kappa shape index (κ2) is 8.84. The number of aliphatic hydroxyl groups excluding tert-OH is 2. The number of thioether (sulfide) groups is 1. The first-order valence-electron chi connectivity index (χ1n) is 10.4. The van der Waals surface area contributed by atoms with Gasteiger partial charge in [0.15, 0.2) is 0 Å². The van der Waals surface area contributed by atoms with E-state index in [0.29, 0.717) is 28.6 Å². The maximum Gasteiger partial charge on any atom is 0.433 e. The van der Waals surface area contributed by atoms with Crippen molar-refractivity contribution in [2.45, 2.75) is 49.6 Å². The molecule has 4 N–H and O–H groups in total. The van der Waals surface area contributed by atoms with Crippen molar-refractivity contribution in [3.05, 3.63) is 53.5 Å². The standard InChI is InChI=1S/C22H23F3N4O4S/c1-21(2,33)12-9-14-11(10-29(28-14)16-6-7-34-20(32)18(16)30)8-15(12)27-19(31)13-4-3-5-17(26-13)22(23,24)25/h3-5,8-10,16,18,20,30,32-33H,6-7H2,1-2H3,(H,27,31). The SMILES string of the molecule is CC(C)(O)c1cc2nn(C3CCSC(O)C3O)cc2cc1NC(=O)c1cccc(C(F)(F)F)n1. The second-order valence-electron chi connectivity index (χ2n) is 8.59. The van der Waals surface area contributed by atoms with Crippen LogP contribution in [0.5, 0.6) is 0 Å². The monoisotopic (exact) mass is 496 g/mol. The van der Waals surface area contributed by atoms with E-state index in [1.165, 1.54) is 31.7 Å². The van der Waals surface area contributed by atoms with Gasteiger partial charge < -0.3 is 20.6 Å². The number of nitrogens with one attached hydrogen (secondary N) is 1. The number of pyridine rings is 1. The molecule has 1 saturated heterocycles. The highest BCUT2D eigenvalue weighted by atomic mass is 32.2. The molecule has 3 unspecified atom stereocenters. The van der Waals surface area contributed by atoms with Crippen LogP contribution in [0.4, 0.5) is 18.9 Å². The molecule has 8 nitrogen and oxygen atoms in total. The number of fused-ring (bicyclic) bond motifs is 1. The largest absolute Gasteiger partial charge is 0.433 e. The predicted octanol–water partition coefficient (Wildman–Crippen LogP) is 3.29. The molecule has 3 atom stereocenters. The van der Waals surface area contributed by atoms with Gasteiger partial charge in [-0.1, -0.05) is 6.07 Å². The van der Waals surface area contributed by atoms with Gasteiger partial charge >= 0.3 is 6.18 Å². The third-order valence-electron chi connectivity index (χ3n) is 5.57. The summed E-state index contributed by atoms with van der Waals surface area (Å²) in [6, 6.07) is 5.70. The molecule has 3 aromatic rings. The average Bonchev–Trinajstić information content (AvgIpc) is 3.16. The van der Waals surface area contributed by atoms with Crippen LogP contribution in [0, 0.1) is 0 Å². The van der Waals surface area contributed by atoms with Crippen molar-refractivity contribution in [2.24, 2.45) is 0 Å². The fourth-order valence-corrected chi connectivity index (χ4v) is 4.83. The number of anilines is 1. The minimum absolute atomic E-state index is 0.184. The number of halogens is 3. The molecule has 0 aliphatic carbocycles. The third kappa shape index (κ3) is 4.90. The van der Waals surface area contributed by atoms with Crippen LogP contribution in [0.25, 0.3) is 10.9 Å². The minimum atomic E-state index is -4.70. The number of amides is 1. The molecule has 1 amide bonds. The zero-order valence-corrected chi connectivity index (χ0v) is 19.1. The number of benzene rings is 1. The summed E-state index contributed by atoms with van der Waals surface area (Å²) in [5, 5.41) is 38.6. The summed E-state index contributed by atoms with van der Waals surface area (Å²) in [7, 11) is 0. The van der Waals surface area contributed by atoms with Crippen LogP contribution in [-0.4, -0.2) is 53.3 Å². The van der Waals surface area contributed by atoms with E-state index in [4.69, 9.17) is 0 Å². The van der Waals surface area contributed by atoms with Crippen molar-refractivity contribution >= 4 is 34.3 Å². The van der Waals surface area contributed by atoms with Crippen molar-refractivity contribution in [2.75, 3.05) is 11.1 Å². The molecular weight excluding hydrogens is 473 g/mol. The Kier molecular flexibility index (Phi) is 6.36. The second-order valence-corrected chi connectivity index (χ2v) is 9.82. The number of carbonyl (C=O) groups excluding carboxylic acids is 1. The highest BCUT2D eigenvalue weighted by molar-refractivity contribution is 7.99. The van der Waals surface area contributed by atoms with E-state index in [1.54, 1.807) is 23.0 Å². The highest BCUT2D eigenvalue weighted by Crippen LogP contribution is 2.35. The predicted molar refractivity (Wildman–Crippen MR) is 120 cm³/mol. The van der Waals surface area contributed by atoms with Crippen molar-refractivity contribution in [1.82, 2.24) is 14.8 Å². The van der Waals surface area contributed by atoms with Crippen molar-refractivity contribution in [1.29, 1.82) is 0 Å². The number of nitrogens with zero attached hydrogens (tertiary/aromatic N) is 3. The molecule has 12 heteroatoms. The number of carbonyl (C=O) groups is 1. The average molecular weight is 497 g/mol. The van der Waals surface area contributed by atoms with E-state index in [0.717, 1.165) is 12.1 Å². The molecular formula is C22H23F3N4O4S. The van der Waals surface area contributed by atoms with Gasteiger partial charge in [-0.15, -0.1) is 11.8 Å². The van der Waals surface area contributed by atoms with Gasteiger partial charge in [0.25, 0.3) is 5.91 Å². The van der Waals surface area contributed by atoms with Crippen LogP contribution >= 0.6 is 11.8 Å². The van der Waals surface area contributed by atoms with Crippen LogP contribution in [0.15, 0.2) is 36.5 Å². The molecule has 0 radical (unpaired) electrons. The molecule has 2 aromatic heterocycles. The van der Waals surface area contributed by atoms with Gasteiger partial charge in [0.05, 0.1) is 17.2 Å². The zero-order chi connectivity index (χ0) is 24.8. The molecule has 1 aromatic carbocycles. The zero-order valence-electron chi connectivity index (χ0n) is 18.2. The first kappa shape index (κ1) is 24.5. The molecule has 1 fully saturated rings. The van der Waals surface area contributed by atoms with E-state index < -0.39 is 46.7 Å². The highest BCUT2D eigenvalue weighted by Gasteiger charge is 2.34. The topological polar surface area (TPSA) is 121 Å². The Labute approximate surface area is 196 Å². The fraction of sp³-hybridized carbons (Fsp3) is 0.409. The van der Waals surface area contributed by atoms with Gasteiger partial charge in [0.1, 0.15) is 22.9 Å². The van der Waals surface area contributed by atoms with E-state index in [1.807, 2.05) is 0 Å². The number of aliphatic hydroxyl groups is 3. The van der Waals surface area contributed by atoms with E-state index in [9.17, 15) is 33.3 Å². The lowest BCUT2D eigenvalue weighted by atomic mass is 9.95. The molecule has 0 saturated carbocycles. The number of hydrogen-bond acceptors (Lipinski definition) is 7. The lowest BCUT2D eigenvalue weighted by Crippen LogP contribution is -2.37. The van der Waals surface area contributed by atoms with E-state index >= 15 is 0 Å². The molecule has 3 heterocycles. The number of aromatic nitrogens is 3. The summed E-state index contributed by atoms with van der Waals surface area (Å²) < 4.78 is 40.5. The fourth-order valence-electron chi connectivity index (χ4n) is 3.83. The number of alkyl halides is 3. The first-order valence-corrected chi connectivity index (χ1v) is 11.5. The van der Waals surface area contributed by atoms with Crippen molar-refractivity contribution in [3.63, 3.8) is 0 Å². The molecule has 0 bridgehead atoms. The number of rotatable bonds is 4. The van der Waals surface area contributed by atoms with Gasteiger partial charge in [0, 0.05) is 22.8 Å². The van der Waals surface area contributed by atoms with Crippen LogP contribution in [0.2, 0.25) is 0 Å². The molecule has 1 aliphatic heterocycles. The maximum atomic E-state index is 13.0. The summed E-state index contributed by atoms with van der Waals surface area (Å²) in [6.45, 7) is 3.00. The molecule has 4 rings (SSSR count).